The lowest BCUT2D eigenvalue weighted by Crippen LogP contribution is -1.89. The molecule has 18 heavy (non-hydrogen) atoms. The Hall–Kier alpha value is -2.20. The summed E-state index contributed by atoms with van der Waals surface area (Å²) >= 11 is 1.60. The summed E-state index contributed by atoms with van der Waals surface area (Å²) in [5.74, 6) is 0. The zero-order valence-electron chi connectivity index (χ0n) is 9.58. The molecule has 3 rings (SSSR count). The van der Waals surface area contributed by atoms with Crippen LogP contribution in [0.15, 0.2) is 59.7 Å². The molecule has 3 nitrogen and oxygen atoms in total. The number of hydrogen-bond acceptors (Lipinski definition) is 4. The highest BCUT2D eigenvalue weighted by Gasteiger charge is 2.00. The van der Waals surface area contributed by atoms with E-state index in [9.17, 15) is 0 Å². The fourth-order valence-electron chi connectivity index (χ4n) is 1.62. The normalized spacial score (nSPS) is 11.1. The Balaban J connectivity index is 1.75. The van der Waals surface area contributed by atoms with Gasteiger partial charge in [-0.1, -0.05) is 53.8 Å². The third kappa shape index (κ3) is 2.38. The largest absolute Gasteiger partial charge is 0.253 e. The summed E-state index contributed by atoms with van der Waals surface area (Å²) < 4.78 is 1.16. The molecule has 0 amide bonds. The highest BCUT2D eigenvalue weighted by atomic mass is 32.1. The first-order valence-electron chi connectivity index (χ1n) is 5.61. The number of para-hydroxylation sites is 1. The average molecular weight is 253 g/mol. The van der Waals surface area contributed by atoms with Gasteiger partial charge in [0.25, 0.3) is 0 Å². The summed E-state index contributed by atoms with van der Waals surface area (Å²) in [4.78, 5) is 4.44. The Morgan fingerprint density at radius 1 is 1.00 bits per heavy atom. The molecule has 0 bridgehead atoms. The number of hydrazone groups is 1. The van der Waals surface area contributed by atoms with Crippen LogP contribution in [0.25, 0.3) is 10.2 Å². The van der Waals surface area contributed by atoms with Crippen LogP contribution in [-0.2, 0) is 0 Å². The molecule has 0 atom stereocenters. The van der Waals surface area contributed by atoms with E-state index >= 15 is 0 Å². The first kappa shape index (κ1) is 10.9. The van der Waals surface area contributed by atoms with Gasteiger partial charge < -0.3 is 0 Å². The topological polar surface area (TPSA) is 37.3 Å². The van der Waals surface area contributed by atoms with Crippen LogP contribution in [0.3, 0.4) is 0 Å². The summed E-state index contributed by atoms with van der Waals surface area (Å²) in [5.41, 5.74) is 5.02. The number of rotatable bonds is 3. The van der Waals surface area contributed by atoms with Crippen LogP contribution in [0.1, 0.15) is 5.56 Å². The SMILES string of the molecule is C(=NNc1nc2ccccc2s1)c1ccccc1. The minimum absolute atomic E-state index is 0.809. The van der Waals surface area contributed by atoms with Crippen molar-refractivity contribution in [2.24, 2.45) is 5.10 Å². The van der Waals surface area contributed by atoms with Gasteiger partial charge in [0.15, 0.2) is 0 Å². The molecule has 0 aliphatic carbocycles. The monoisotopic (exact) mass is 253 g/mol. The van der Waals surface area contributed by atoms with Crippen LogP contribution in [0.5, 0.6) is 0 Å². The molecule has 1 N–H and O–H groups in total. The van der Waals surface area contributed by atoms with Gasteiger partial charge >= 0.3 is 0 Å². The van der Waals surface area contributed by atoms with Crippen LogP contribution in [0, 0.1) is 0 Å². The highest BCUT2D eigenvalue weighted by molar-refractivity contribution is 7.22. The summed E-state index contributed by atoms with van der Waals surface area (Å²) in [6.45, 7) is 0. The van der Waals surface area contributed by atoms with E-state index in [0.29, 0.717) is 0 Å². The van der Waals surface area contributed by atoms with E-state index in [1.54, 1.807) is 17.6 Å². The maximum Gasteiger partial charge on any atom is 0.204 e. The molecule has 3 aromatic rings. The van der Waals surface area contributed by atoms with E-state index in [-0.39, 0.29) is 0 Å². The highest BCUT2D eigenvalue weighted by Crippen LogP contribution is 2.25. The maximum absolute atomic E-state index is 4.44. The molecule has 1 heterocycles. The second-order valence-electron chi connectivity index (χ2n) is 3.77. The van der Waals surface area contributed by atoms with E-state index in [2.05, 4.69) is 21.6 Å². The zero-order valence-corrected chi connectivity index (χ0v) is 10.4. The number of benzene rings is 2. The maximum atomic E-state index is 4.44. The lowest BCUT2D eigenvalue weighted by Gasteiger charge is -1.92. The van der Waals surface area contributed by atoms with Crippen molar-refractivity contribution in [3.63, 3.8) is 0 Å². The quantitative estimate of drug-likeness (QED) is 0.570. The van der Waals surface area contributed by atoms with Gasteiger partial charge in [-0.25, -0.2) is 4.98 Å². The van der Waals surface area contributed by atoms with Gasteiger partial charge in [-0.05, 0) is 17.7 Å². The van der Waals surface area contributed by atoms with Gasteiger partial charge in [0, 0.05) is 0 Å². The molecule has 0 saturated carbocycles. The smallest absolute Gasteiger partial charge is 0.204 e. The Morgan fingerprint density at radius 3 is 2.61 bits per heavy atom. The van der Waals surface area contributed by atoms with Crippen molar-refractivity contribution in [3.05, 3.63) is 60.2 Å². The molecule has 0 fully saturated rings. The predicted molar refractivity (Wildman–Crippen MR) is 77.3 cm³/mol. The number of aromatic nitrogens is 1. The molecule has 0 aliphatic heterocycles. The first-order chi connectivity index (χ1) is 8.92. The van der Waals surface area contributed by atoms with E-state index in [1.165, 1.54) is 0 Å². The molecule has 0 aliphatic rings. The van der Waals surface area contributed by atoms with Gasteiger partial charge in [0.05, 0.1) is 16.4 Å². The lowest BCUT2D eigenvalue weighted by atomic mass is 10.2. The fraction of sp³-hybridized carbons (Fsp3) is 0. The number of hydrogen-bond donors (Lipinski definition) is 1. The summed E-state index contributed by atoms with van der Waals surface area (Å²) in [6, 6.07) is 18.0. The van der Waals surface area contributed by atoms with Gasteiger partial charge in [-0.3, -0.25) is 5.43 Å². The summed E-state index contributed by atoms with van der Waals surface area (Å²) in [5, 5.41) is 4.99. The third-order valence-corrected chi connectivity index (χ3v) is 3.41. The average Bonchev–Trinajstić information content (AvgIpc) is 2.82. The number of anilines is 1. The molecule has 0 spiro atoms. The van der Waals surface area contributed by atoms with Crippen molar-refractivity contribution in [1.29, 1.82) is 0 Å². The molecule has 4 heteroatoms. The Kier molecular flexibility index (Phi) is 3.02. The molecule has 2 aromatic carbocycles. The Labute approximate surface area is 109 Å². The van der Waals surface area contributed by atoms with Crippen molar-refractivity contribution in [3.8, 4) is 0 Å². The molecule has 0 saturated heterocycles. The number of fused-ring (bicyclic) bond motifs is 1. The van der Waals surface area contributed by atoms with E-state index < -0.39 is 0 Å². The second kappa shape index (κ2) is 4.98. The summed E-state index contributed by atoms with van der Waals surface area (Å²) in [6.07, 6.45) is 1.78. The Bertz CT molecular complexity index is 641. The van der Waals surface area contributed by atoms with Crippen molar-refractivity contribution in [2.75, 3.05) is 5.43 Å². The minimum atomic E-state index is 0.809. The van der Waals surface area contributed by atoms with Crippen LogP contribution in [0.4, 0.5) is 5.13 Å². The van der Waals surface area contributed by atoms with E-state index in [4.69, 9.17) is 0 Å². The molecule has 0 radical (unpaired) electrons. The van der Waals surface area contributed by atoms with Crippen LogP contribution < -0.4 is 5.43 Å². The zero-order chi connectivity index (χ0) is 12.2. The van der Waals surface area contributed by atoms with Crippen molar-refractivity contribution < 1.29 is 0 Å². The second-order valence-corrected chi connectivity index (χ2v) is 4.80. The molecular formula is C14H11N3S. The minimum Gasteiger partial charge on any atom is -0.253 e. The van der Waals surface area contributed by atoms with Gasteiger partial charge in [-0.2, -0.15) is 5.10 Å². The van der Waals surface area contributed by atoms with Crippen molar-refractivity contribution >= 4 is 32.9 Å². The van der Waals surface area contributed by atoms with Crippen LogP contribution in [-0.4, -0.2) is 11.2 Å². The number of nitrogens with one attached hydrogen (secondary N) is 1. The van der Waals surface area contributed by atoms with Gasteiger partial charge in [0.1, 0.15) is 0 Å². The number of thiazole rings is 1. The molecule has 88 valence electrons. The van der Waals surface area contributed by atoms with Crippen LogP contribution in [0.2, 0.25) is 0 Å². The Morgan fingerprint density at radius 2 is 1.78 bits per heavy atom. The molecular weight excluding hydrogens is 242 g/mol. The van der Waals surface area contributed by atoms with Crippen molar-refractivity contribution in [1.82, 2.24) is 4.98 Å². The first-order valence-corrected chi connectivity index (χ1v) is 6.43. The van der Waals surface area contributed by atoms with Gasteiger partial charge in [-0.15, -0.1) is 0 Å². The van der Waals surface area contributed by atoms with Gasteiger partial charge in [0.2, 0.25) is 5.13 Å². The van der Waals surface area contributed by atoms with Crippen LogP contribution >= 0.6 is 11.3 Å². The third-order valence-electron chi connectivity index (χ3n) is 2.47. The lowest BCUT2D eigenvalue weighted by molar-refractivity contribution is 1.31. The molecule has 0 unspecified atom stereocenters. The standard InChI is InChI=1S/C14H11N3S/c1-2-6-11(7-3-1)10-15-17-14-16-12-8-4-5-9-13(12)18-14/h1-10H,(H,16,17). The fourth-order valence-corrected chi connectivity index (χ4v) is 2.44. The summed E-state index contributed by atoms with van der Waals surface area (Å²) in [7, 11) is 0. The predicted octanol–water partition coefficient (Wildman–Crippen LogP) is 3.74. The van der Waals surface area contributed by atoms with Crippen molar-refractivity contribution in [2.45, 2.75) is 0 Å². The number of nitrogens with zero attached hydrogens (tertiary/aromatic N) is 2. The van der Waals surface area contributed by atoms with E-state index in [0.717, 1.165) is 20.9 Å². The molecule has 1 aromatic heterocycles. The van der Waals surface area contributed by atoms with E-state index in [1.807, 2.05) is 48.5 Å².